The van der Waals surface area contributed by atoms with E-state index in [2.05, 4.69) is 246 Å². The molecule has 0 bridgehead atoms. The van der Waals surface area contributed by atoms with Crippen LogP contribution in [0, 0.1) is 0 Å². The van der Waals surface area contributed by atoms with Crippen LogP contribution in [0.25, 0.3) is 89.1 Å². The highest BCUT2D eigenvalue weighted by atomic mass is 15.0. The molecule has 11 aromatic rings. The van der Waals surface area contributed by atoms with Crippen molar-refractivity contribution in [2.75, 3.05) is 0 Å². The molecule has 0 fully saturated rings. The fraction of sp³-hybridized carbons (Fsp3) is 0.0746. The number of fused-ring (bicyclic) bond motifs is 15. The number of rotatable bonds is 5. The van der Waals surface area contributed by atoms with Crippen LogP contribution in [-0.2, 0) is 11.8 Å². The van der Waals surface area contributed by atoms with Crippen molar-refractivity contribution in [1.29, 1.82) is 0 Å². The Morgan fingerprint density at radius 1 is 0.420 bits per heavy atom. The second-order valence-corrected chi connectivity index (χ2v) is 19.4. The molecule has 2 heterocycles. The Hall–Kier alpha value is -8.46. The molecule has 1 spiro atoms. The molecule has 2 nitrogen and oxygen atoms in total. The van der Waals surface area contributed by atoms with Crippen molar-refractivity contribution in [1.82, 2.24) is 9.13 Å². The Balaban J connectivity index is 0.905. The highest BCUT2D eigenvalue weighted by Crippen LogP contribution is 2.64. The second-order valence-electron chi connectivity index (χ2n) is 19.4. The zero-order valence-electron chi connectivity index (χ0n) is 38.1. The number of hydrogen-bond donors (Lipinski definition) is 0. The Morgan fingerprint density at radius 2 is 1.03 bits per heavy atom. The van der Waals surface area contributed by atoms with E-state index >= 15 is 0 Å². The smallest absolute Gasteiger partial charge is 0.0688 e. The van der Waals surface area contributed by atoms with Gasteiger partial charge in [0, 0.05) is 44.7 Å². The number of hydrogen-bond acceptors (Lipinski definition) is 0. The topological polar surface area (TPSA) is 9.86 Å². The molecule has 4 aliphatic rings. The van der Waals surface area contributed by atoms with E-state index in [-0.39, 0.29) is 11.3 Å². The molecule has 0 aliphatic heterocycles. The molecule has 0 saturated carbocycles. The quantitative estimate of drug-likeness (QED) is 0.163. The van der Waals surface area contributed by atoms with E-state index in [1.54, 1.807) is 5.57 Å². The molecule has 9 aromatic carbocycles. The number of nitrogens with zero attached hydrogens (tertiary/aromatic N) is 2. The van der Waals surface area contributed by atoms with E-state index in [4.69, 9.17) is 0 Å². The molecular weight excluding hydrogens is 833 g/mol. The number of aromatic nitrogens is 2. The molecule has 0 N–H and O–H groups in total. The molecule has 2 heteroatoms. The van der Waals surface area contributed by atoms with Crippen LogP contribution in [0.15, 0.2) is 236 Å². The lowest BCUT2D eigenvalue weighted by Crippen LogP contribution is -2.27. The first-order valence-electron chi connectivity index (χ1n) is 24.6. The van der Waals surface area contributed by atoms with Crippen LogP contribution in [0.2, 0.25) is 0 Å². The van der Waals surface area contributed by atoms with Gasteiger partial charge >= 0.3 is 0 Å². The summed E-state index contributed by atoms with van der Waals surface area (Å²) >= 11 is 0. The van der Waals surface area contributed by atoms with Gasteiger partial charge in [0.1, 0.15) is 0 Å². The van der Waals surface area contributed by atoms with E-state index < -0.39 is 0 Å². The maximum Gasteiger partial charge on any atom is 0.0688 e. The zero-order valence-corrected chi connectivity index (χ0v) is 38.1. The van der Waals surface area contributed by atoms with Crippen LogP contribution in [0.5, 0.6) is 0 Å². The highest BCUT2D eigenvalue weighted by Gasteiger charge is 2.52. The van der Waals surface area contributed by atoms with Gasteiger partial charge in [0.2, 0.25) is 0 Å². The van der Waals surface area contributed by atoms with Gasteiger partial charge in [-0.1, -0.05) is 176 Å². The van der Waals surface area contributed by atoms with E-state index in [0.29, 0.717) is 0 Å². The Kier molecular flexibility index (Phi) is 8.27. The largest absolute Gasteiger partial charge is 0.313 e. The van der Waals surface area contributed by atoms with Gasteiger partial charge in [-0.25, -0.2) is 0 Å². The SMILES string of the molecule is C1=CC2=C(CC1)C1(c3cc(-c4ccc5c(c4)c4cc(C6C=Cc7c(n(-c8ccccc8)c8ccccc78)C6)ccc4n5-c4ccc(-c5ccccc5)cc4)ccc32)c2ccccc2-c2ccccc21. The first kappa shape index (κ1) is 38.6. The first-order chi connectivity index (χ1) is 34.2. The minimum atomic E-state index is -0.306. The van der Waals surface area contributed by atoms with Gasteiger partial charge in [-0.3, -0.25) is 0 Å². The summed E-state index contributed by atoms with van der Waals surface area (Å²) in [6.07, 6.45) is 12.7. The lowest BCUT2D eigenvalue weighted by molar-refractivity contribution is 0.714. The second kappa shape index (κ2) is 14.8. The summed E-state index contributed by atoms with van der Waals surface area (Å²) in [5.41, 5.74) is 26.0. The summed E-state index contributed by atoms with van der Waals surface area (Å²) in [6.45, 7) is 0. The molecule has 0 radical (unpaired) electrons. The molecule has 324 valence electrons. The van der Waals surface area contributed by atoms with Gasteiger partial charge < -0.3 is 9.13 Å². The standard InChI is InChI=1S/C67H46N2/c1-3-15-43(16-4-1)44-27-33-50(34-28-44)68-64-37-31-45(47-29-35-54-53-21-9-13-25-61(53)67(62(54)41-47)59-23-11-7-19-51(59)52-20-8-12-24-60(52)67)39-57(64)58-40-46(32-38-65(58)68)48-30-36-56-55-22-10-14-26-63(55)69(66(56)42-48)49-17-5-2-6-18-49/h1-12,14-24,26-41,48H,13,25,42H2. The molecular formula is C67H46N2. The third-order valence-corrected chi connectivity index (χ3v) is 16.0. The number of allylic oxidation sites excluding steroid dienone is 5. The van der Waals surface area contributed by atoms with Gasteiger partial charge in [0.15, 0.2) is 0 Å². The number of benzene rings is 9. The molecule has 4 aliphatic carbocycles. The maximum atomic E-state index is 2.55. The predicted octanol–water partition coefficient (Wildman–Crippen LogP) is 16.8. The lowest BCUT2D eigenvalue weighted by atomic mass is 9.68. The summed E-state index contributed by atoms with van der Waals surface area (Å²) < 4.78 is 4.96. The fourth-order valence-corrected chi connectivity index (χ4v) is 13.0. The zero-order chi connectivity index (χ0) is 45.2. The van der Waals surface area contributed by atoms with Gasteiger partial charge in [0.05, 0.1) is 22.0 Å². The van der Waals surface area contributed by atoms with Crippen molar-refractivity contribution in [3.05, 3.63) is 275 Å². The first-order valence-corrected chi connectivity index (χ1v) is 24.6. The van der Waals surface area contributed by atoms with Crippen molar-refractivity contribution < 1.29 is 0 Å². The highest BCUT2D eigenvalue weighted by molar-refractivity contribution is 6.11. The summed E-state index contributed by atoms with van der Waals surface area (Å²) in [5.74, 6) is 0.220. The average molecular weight is 879 g/mol. The Morgan fingerprint density at radius 3 is 1.83 bits per heavy atom. The average Bonchev–Trinajstić information content (AvgIpc) is 4.13. The molecule has 2 aromatic heterocycles. The minimum Gasteiger partial charge on any atom is -0.313 e. The predicted molar refractivity (Wildman–Crippen MR) is 287 cm³/mol. The molecule has 0 saturated heterocycles. The van der Waals surface area contributed by atoms with Gasteiger partial charge in [-0.05, 0) is 152 Å². The summed E-state index contributed by atoms with van der Waals surface area (Å²) in [4.78, 5) is 0. The normalized spacial score (nSPS) is 16.0. The van der Waals surface area contributed by atoms with E-state index in [1.165, 1.54) is 116 Å². The molecule has 0 amide bonds. The fourth-order valence-electron chi connectivity index (χ4n) is 13.0. The van der Waals surface area contributed by atoms with E-state index in [0.717, 1.165) is 24.9 Å². The molecule has 15 rings (SSSR count). The molecule has 69 heavy (non-hydrogen) atoms. The van der Waals surface area contributed by atoms with Crippen molar-refractivity contribution in [3.8, 4) is 44.8 Å². The summed E-state index contributed by atoms with van der Waals surface area (Å²) in [5, 5.41) is 3.85. The van der Waals surface area contributed by atoms with Crippen molar-refractivity contribution in [2.45, 2.75) is 30.6 Å². The van der Waals surface area contributed by atoms with Crippen molar-refractivity contribution in [3.63, 3.8) is 0 Å². The van der Waals surface area contributed by atoms with Crippen LogP contribution in [-0.4, -0.2) is 9.13 Å². The van der Waals surface area contributed by atoms with Crippen LogP contribution in [0.1, 0.15) is 57.8 Å². The van der Waals surface area contributed by atoms with E-state index in [9.17, 15) is 0 Å². The van der Waals surface area contributed by atoms with Crippen LogP contribution >= 0.6 is 0 Å². The Labute approximate surface area is 402 Å². The van der Waals surface area contributed by atoms with Gasteiger partial charge in [0.25, 0.3) is 0 Å². The van der Waals surface area contributed by atoms with Crippen molar-refractivity contribution >= 4 is 44.4 Å². The monoisotopic (exact) mass is 878 g/mol. The molecule has 1 atom stereocenters. The van der Waals surface area contributed by atoms with Crippen molar-refractivity contribution in [2.24, 2.45) is 0 Å². The van der Waals surface area contributed by atoms with E-state index in [1.807, 2.05) is 0 Å². The minimum absolute atomic E-state index is 0.220. The third kappa shape index (κ3) is 5.49. The summed E-state index contributed by atoms with van der Waals surface area (Å²) in [6, 6.07) is 79.7. The maximum absolute atomic E-state index is 2.55. The molecule has 1 unspecified atom stereocenters. The van der Waals surface area contributed by atoms with Crippen LogP contribution < -0.4 is 0 Å². The van der Waals surface area contributed by atoms with Crippen LogP contribution in [0.3, 0.4) is 0 Å². The third-order valence-electron chi connectivity index (χ3n) is 16.0. The Bertz CT molecular complexity index is 3980. The van der Waals surface area contributed by atoms with Gasteiger partial charge in [-0.2, -0.15) is 0 Å². The van der Waals surface area contributed by atoms with Gasteiger partial charge in [-0.15, -0.1) is 0 Å². The van der Waals surface area contributed by atoms with Crippen LogP contribution in [0.4, 0.5) is 0 Å². The lowest BCUT2D eigenvalue weighted by Gasteiger charge is -2.33. The number of para-hydroxylation sites is 2. The summed E-state index contributed by atoms with van der Waals surface area (Å²) in [7, 11) is 0.